The van der Waals surface area contributed by atoms with Crippen LogP contribution in [-0.4, -0.2) is 26.6 Å². The van der Waals surface area contributed by atoms with Crippen molar-refractivity contribution in [1.29, 1.82) is 0 Å². The highest BCUT2D eigenvalue weighted by atomic mass is 32.1. The molecule has 4 rings (SSSR count). The third-order valence-corrected chi connectivity index (χ3v) is 5.88. The van der Waals surface area contributed by atoms with Crippen molar-refractivity contribution in [3.63, 3.8) is 0 Å². The summed E-state index contributed by atoms with van der Waals surface area (Å²) in [4.78, 5) is 21.1. The highest BCUT2D eigenvalue weighted by Gasteiger charge is 2.28. The first-order valence-corrected chi connectivity index (χ1v) is 9.69. The molecule has 0 atom stereocenters. The summed E-state index contributed by atoms with van der Waals surface area (Å²) in [5, 5.41) is 15.5. The van der Waals surface area contributed by atoms with Crippen LogP contribution in [0.25, 0.3) is 21.3 Å². The van der Waals surface area contributed by atoms with Gasteiger partial charge < -0.3 is 10.4 Å². The van der Waals surface area contributed by atoms with E-state index in [4.69, 9.17) is 0 Å². The number of hydrogen-bond acceptors (Lipinski definition) is 5. The molecule has 2 N–H and O–H groups in total. The molecule has 0 saturated carbocycles. The fraction of sp³-hybridized carbons (Fsp3) is 0.350. The standard InChI is InChI=1S/C20H21N3O2S/c1-20(2,19(24)25)23-17-16-15(10-26-18(16)22-11-21-17)14-8-7-12-5-3-4-6-13(12)9-14/h7-11H,3-6H2,1-2H3,(H,24,25)(H,21,22,23). The van der Waals surface area contributed by atoms with E-state index in [2.05, 4.69) is 38.9 Å². The van der Waals surface area contributed by atoms with E-state index in [9.17, 15) is 9.90 Å². The van der Waals surface area contributed by atoms with Crippen LogP contribution in [0.4, 0.5) is 5.82 Å². The van der Waals surface area contributed by atoms with Gasteiger partial charge in [-0.1, -0.05) is 18.2 Å². The monoisotopic (exact) mass is 367 g/mol. The van der Waals surface area contributed by atoms with Gasteiger partial charge in [-0.2, -0.15) is 0 Å². The summed E-state index contributed by atoms with van der Waals surface area (Å²) in [5.41, 5.74) is 3.95. The number of anilines is 1. The van der Waals surface area contributed by atoms with Crippen LogP contribution in [0.1, 0.15) is 37.8 Å². The van der Waals surface area contributed by atoms with E-state index in [-0.39, 0.29) is 0 Å². The van der Waals surface area contributed by atoms with Crippen molar-refractivity contribution in [2.24, 2.45) is 0 Å². The smallest absolute Gasteiger partial charge is 0.328 e. The largest absolute Gasteiger partial charge is 0.480 e. The molecule has 0 aliphatic heterocycles. The Morgan fingerprint density at radius 3 is 2.73 bits per heavy atom. The summed E-state index contributed by atoms with van der Waals surface area (Å²) in [6.45, 7) is 3.27. The average molecular weight is 367 g/mol. The van der Waals surface area contributed by atoms with Crippen molar-refractivity contribution in [2.45, 2.75) is 45.1 Å². The molecule has 134 valence electrons. The first-order chi connectivity index (χ1) is 12.5. The number of nitrogens with one attached hydrogen (secondary N) is 1. The van der Waals surface area contributed by atoms with Crippen molar-refractivity contribution in [1.82, 2.24) is 9.97 Å². The number of aliphatic carboxylic acids is 1. The van der Waals surface area contributed by atoms with Gasteiger partial charge in [0.15, 0.2) is 0 Å². The molecule has 1 aliphatic rings. The van der Waals surface area contributed by atoms with Gasteiger partial charge in [-0.3, -0.25) is 0 Å². The quantitative estimate of drug-likeness (QED) is 0.709. The highest BCUT2D eigenvalue weighted by Crippen LogP contribution is 2.38. The molecule has 1 aromatic carbocycles. The number of carbonyl (C=O) groups is 1. The van der Waals surface area contributed by atoms with Gasteiger partial charge in [0.1, 0.15) is 22.5 Å². The van der Waals surface area contributed by atoms with Crippen LogP contribution >= 0.6 is 11.3 Å². The van der Waals surface area contributed by atoms with Gasteiger partial charge in [0.05, 0.1) is 5.39 Å². The molecule has 26 heavy (non-hydrogen) atoms. The molecule has 3 aromatic rings. The van der Waals surface area contributed by atoms with Crippen LogP contribution in [0.3, 0.4) is 0 Å². The fourth-order valence-corrected chi connectivity index (χ4v) is 4.35. The van der Waals surface area contributed by atoms with Crippen LogP contribution in [-0.2, 0) is 17.6 Å². The second-order valence-corrected chi connectivity index (χ2v) is 8.16. The third kappa shape index (κ3) is 2.94. The summed E-state index contributed by atoms with van der Waals surface area (Å²) < 4.78 is 0. The van der Waals surface area contributed by atoms with Gasteiger partial charge in [-0.25, -0.2) is 14.8 Å². The maximum Gasteiger partial charge on any atom is 0.328 e. The molecular formula is C20H21N3O2S. The Hall–Kier alpha value is -2.47. The Labute approximate surface area is 156 Å². The lowest BCUT2D eigenvalue weighted by Crippen LogP contribution is -2.40. The molecule has 0 saturated heterocycles. The Kier molecular flexibility index (Phi) is 4.15. The second-order valence-electron chi connectivity index (χ2n) is 7.30. The Morgan fingerprint density at radius 1 is 1.19 bits per heavy atom. The number of benzene rings is 1. The lowest BCUT2D eigenvalue weighted by atomic mass is 9.89. The molecule has 1 aliphatic carbocycles. The molecule has 0 unspecified atom stereocenters. The predicted octanol–water partition coefficient (Wildman–Crippen LogP) is 4.51. The van der Waals surface area contributed by atoms with Gasteiger partial charge in [0, 0.05) is 10.9 Å². The summed E-state index contributed by atoms with van der Waals surface area (Å²) in [6, 6.07) is 6.66. The first-order valence-electron chi connectivity index (χ1n) is 8.81. The van der Waals surface area contributed by atoms with E-state index in [1.165, 1.54) is 30.3 Å². The Bertz CT molecular complexity index is 994. The summed E-state index contributed by atoms with van der Waals surface area (Å²) in [5.74, 6) is -0.355. The fourth-order valence-electron chi connectivity index (χ4n) is 3.43. The lowest BCUT2D eigenvalue weighted by Gasteiger charge is -2.22. The molecule has 0 bridgehead atoms. The minimum absolute atomic E-state index is 0.566. The lowest BCUT2D eigenvalue weighted by molar-refractivity contribution is -0.141. The predicted molar refractivity (Wildman–Crippen MR) is 105 cm³/mol. The van der Waals surface area contributed by atoms with Crippen molar-refractivity contribution in [3.05, 3.63) is 41.0 Å². The molecule has 5 nitrogen and oxygen atoms in total. The van der Waals surface area contributed by atoms with Crippen LogP contribution in [0.2, 0.25) is 0 Å². The van der Waals surface area contributed by atoms with Gasteiger partial charge in [-0.15, -0.1) is 11.3 Å². The maximum absolute atomic E-state index is 11.5. The van der Waals surface area contributed by atoms with Crippen LogP contribution in [0.5, 0.6) is 0 Å². The molecule has 0 radical (unpaired) electrons. The van der Waals surface area contributed by atoms with E-state index >= 15 is 0 Å². The number of fused-ring (bicyclic) bond motifs is 2. The number of nitrogens with zero attached hydrogens (tertiary/aromatic N) is 2. The van der Waals surface area contributed by atoms with E-state index in [1.54, 1.807) is 25.2 Å². The first kappa shape index (κ1) is 17.0. The minimum atomic E-state index is -1.11. The number of carboxylic acids is 1. The van der Waals surface area contributed by atoms with E-state index in [1.807, 2.05) is 0 Å². The van der Waals surface area contributed by atoms with Crippen molar-refractivity contribution < 1.29 is 9.90 Å². The molecule has 0 fully saturated rings. The minimum Gasteiger partial charge on any atom is -0.480 e. The Morgan fingerprint density at radius 2 is 1.96 bits per heavy atom. The zero-order valence-corrected chi connectivity index (χ0v) is 15.7. The molecule has 6 heteroatoms. The van der Waals surface area contributed by atoms with Crippen molar-refractivity contribution in [3.8, 4) is 11.1 Å². The van der Waals surface area contributed by atoms with Crippen LogP contribution in [0, 0.1) is 0 Å². The molecular weight excluding hydrogens is 346 g/mol. The zero-order chi connectivity index (χ0) is 18.3. The number of rotatable bonds is 4. The van der Waals surface area contributed by atoms with E-state index in [0.29, 0.717) is 5.82 Å². The van der Waals surface area contributed by atoms with Crippen LogP contribution in [0.15, 0.2) is 29.9 Å². The number of aryl methyl sites for hydroxylation is 2. The third-order valence-electron chi connectivity index (χ3n) is 5.00. The van der Waals surface area contributed by atoms with E-state index in [0.717, 1.165) is 34.2 Å². The van der Waals surface area contributed by atoms with Crippen LogP contribution < -0.4 is 5.32 Å². The summed E-state index contributed by atoms with van der Waals surface area (Å²) >= 11 is 1.56. The molecule has 0 spiro atoms. The Balaban J connectivity index is 1.83. The SMILES string of the molecule is CC(C)(Nc1ncnc2scc(-c3ccc4c(c3)CCCC4)c12)C(=O)O. The zero-order valence-electron chi connectivity index (χ0n) is 14.9. The highest BCUT2D eigenvalue weighted by molar-refractivity contribution is 7.17. The van der Waals surface area contributed by atoms with Crippen molar-refractivity contribution in [2.75, 3.05) is 5.32 Å². The molecule has 2 heterocycles. The number of carboxylic acid groups (broad SMARTS) is 1. The molecule has 2 aromatic heterocycles. The van der Waals surface area contributed by atoms with Gasteiger partial charge in [0.2, 0.25) is 0 Å². The topological polar surface area (TPSA) is 75.1 Å². The van der Waals surface area contributed by atoms with Gasteiger partial charge in [0.25, 0.3) is 0 Å². The normalized spacial score (nSPS) is 14.2. The maximum atomic E-state index is 11.5. The number of hydrogen-bond donors (Lipinski definition) is 2. The average Bonchev–Trinajstić information content (AvgIpc) is 3.06. The van der Waals surface area contributed by atoms with E-state index < -0.39 is 11.5 Å². The van der Waals surface area contributed by atoms with Gasteiger partial charge >= 0.3 is 5.97 Å². The van der Waals surface area contributed by atoms with Crippen molar-refractivity contribution >= 4 is 33.3 Å². The van der Waals surface area contributed by atoms with Gasteiger partial charge in [-0.05, 0) is 56.2 Å². The summed E-state index contributed by atoms with van der Waals surface area (Å²) in [6.07, 6.45) is 6.26. The number of thiophene rings is 1. The molecule has 0 amide bonds. The second kappa shape index (κ2) is 6.36. The summed E-state index contributed by atoms with van der Waals surface area (Å²) in [7, 11) is 0. The number of aromatic nitrogens is 2.